The van der Waals surface area contributed by atoms with Crippen LogP contribution in [0.25, 0.3) is 0 Å². The van der Waals surface area contributed by atoms with Crippen LogP contribution in [-0.2, 0) is 12.6 Å². The van der Waals surface area contributed by atoms with Crippen LogP contribution in [0.15, 0.2) is 10.7 Å². The third-order valence-corrected chi connectivity index (χ3v) is 1.17. The summed E-state index contributed by atoms with van der Waals surface area (Å²) in [5.74, 6) is -0.107. The van der Waals surface area contributed by atoms with Gasteiger partial charge in [-0.05, 0) is 0 Å². The zero-order valence-corrected chi connectivity index (χ0v) is 5.93. The largest absolute Gasteiger partial charge is 0.448 e. The Labute approximate surface area is 65.8 Å². The van der Waals surface area contributed by atoms with E-state index in [1.165, 1.54) is 0 Å². The first-order valence-corrected chi connectivity index (χ1v) is 3.16. The lowest BCUT2D eigenvalue weighted by atomic mass is 10.4. The van der Waals surface area contributed by atoms with Gasteiger partial charge in [0, 0.05) is 6.42 Å². The second kappa shape index (κ2) is 3.14. The molecule has 0 bridgehead atoms. The van der Waals surface area contributed by atoms with Crippen LogP contribution >= 0.6 is 0 Å². The Kier molecular flexibility index (Phi) is 2.37. The first-order valence-electron chi connectivity index (χ1n) is 3.16. The number of aromatic nitrogens is 1. The van der Waals surface area contributed by atoms with Crippen LogP contribution in [-0.4, -0.2) is 16.7 Å². The van der Waals surface area contributed by atoms with E-state index in [9.17, 15) is 13.2 Å². The van der Waals surface area contributed by atoms with Crippen molar-refractivity contribution in [1.29, 1.82) is 0 Å². The summed E-state index contributed by atoms with van der Waals surface area (Å²) in [5, 5.41) is 8.35. The number of halogens is 3. The van der Waals surface area contributed by atoms with E-state index in [0.29, 0.717) is 6.26 Å². The number of hydrogen-bond acceptors (Lipinski definition) is 3. The lowest BCUT2D eigenvalue weighted by molar-refractivity contribution is -0.141. The fraction of sp³-hybridized carbons (Fsp3) is 0.500. The van der Waals surface area contributed by atoms with Crippen molar-refractivity contribution in [3.05, 3.63) is 17.8 Å². The molecular formula is C6H6F3NO2. The number of aliphatic hydroxyl groups is 1. The van der Waals surface area contributed by atoms with Crippen molar-refractivity contribution in [1.82, 2.24) is 4.98 Å². The van der Waals surface area contributed by atoms with Crippen LogP contribution in [0.5, 0.6) is 0 Å². The summed E-state index contributed by atoms with van der Waals surface area (Å²) < 4.78 is 40.0. The van der Waals surface area contributed by atoms with E-state index in [1.54, 1.807) is 0 Å². The molecule has 3 nitrogen and oxygen atoms in total. The van der Waals surface area contributed by atoms with Crippen LogP contribution in [0, 0.1) is 0 Å². The molecule has 1 aromatic heterocycles. The molecule has 0 unspecified atom stereocenters. The summed E-state index contributed by atoms with van der Waals surface area (Å²) in [7, 11) is 0. The van der Waals surface area contributed by atoms with Crippen molar-refractivity contribution < 1.29 is 22.7 Å². The van der Waals surface area contributed by atoms with Gasteiger partial charge in [-0.25, -0.2) is 4.98 Å². The van der Waals surface area contributed by atoms with E-state index in [2.05, 4.69) is 9.40 Å². The molecule has 0 saturated heterocycles. The van der Waals surface area contributed by atoms with Gasteiger partial charge in [-0.2, -0.15) is 13.2 Å². The van der Waals surface area contributed by atoms with E-state index < -0.39 is 11.9 Å². The van der Waals surface area contributed by atoms with E-state index in [1.807, 2.05) is 0 Å². The highest BCUT2D eigenvalue weighted by Gasteiger charge is 2.34. The molecule has 0 saturated carbocycles. The first-order chi connectivity index (χ1) is 5.54. The number of oxazole rings is 1. The Morgan fingerprint density at radius 2 is 2.17 bits per heavy atom. The van der Waals surface area contributed by atoms with Gasteiger partial charge in [0.2, 0.25) is 0 Å². The van der Waals surface area contributed by atoms with Gasteiger partial charge in [-0.15, -0.1) is 0 Å². The molecule has 0 aromatic carbocycles. The summed E-state index contributed by atoms with van der Waals surface area (Å²) in [6, 6.07) is 0. The minimum absolute atomic E-state index is 0.00389. The maximum atomic E-state index is 11.9. The Bertz CT molecular complexity index is 256. The molecule has 0 fully saturated rings. The molecule has 1 aromatic rings. The molecule has 0 aliphatic heterocycles. The first kappa shape index (κ1) is 9.05. The van der Waals surface area contributed by atoms with Gasteiger partial charge in [0.1, 0.15) is 6.26 Å². The van der Waals surface area contributed by atoms with Crippen LogP contribution in [0.2, 0.25) is 0 Å². The molecule has 6 heteroatoms. The summed E-state index contributed by atoms with van der Waals surface area (Å²) >= 11 is 0. The van der Waals surface area contributed by atoms with Gasteiger partial charge in [-0.3, -0.25) is 0 Å². The van der Waals surface area contributed by atoms with Crippen LogP contribution in [0.3, 0.4) is 0 Å². The average Bonchev–Trinajstić information content (AvgIpc) is 2.35. The van der Waals surface area contributed by atoms with E-state index in [-0.39, 0.29) is 18.9 Å². The van der Waals surface area contributed by atoms with Gasteiger partial charge < -0.3 is 9.52 Å². The number of alkyl halides is 3. The Morgan fingerprint density at radius 1 is 1.50 bits per heavy atom. The van der Waals surface area contributed by atoms with Gasteiger partial charge in [0.25, 0.3) is 0 Å². The van der Waals surface area contributed by atoms with Gasteiger partial charge in [0.05, 0.1) is 6.61 Å². The fourth-order valence-electron chi connectivity index (χ4n) is 0.652. The van der Waals surface area contributed by atoms with Gasteiger partial charge in [0.15, 0.2) is 11.6 Å². The topological polar surface area (TPSA) is 46.3 Å². The van der Waals surface area contributed by atoms with E-state index >= 15 is 0 Å². The summed E-state index contributed by atoms with van der Waals surface area (Å²) in [6.07, 6.45) is -3.95. The maximum absolute atomic E-state index is 11.9. The lowest BCUT2D eigenvalue weighted by Crippen LogP contribution is -2.05. The second-order valence-corrected chi connectivity index (χ2v) is 2.10. The third kappa shape index (κ3) is 1.97. The van der Waals surface area contributed by atoms with Gasteiger partial charge >= 0.3 is 6.18 Å². The van der Waals surface area contributed by atoms with Crippen molar-refractivity contribution in [2.75, 3.05) is 6.61 Å². The van der Waals surface area contributed by atoms with Crippen LogP contribution in [0.4, 0.5) is 13.2 Å². The summed E-state index contributed by atoms with van der Waals surface area (Å²) in [4.78, 5) is 3.12. The van der Waals surface area contributed by atoms with E-state index in [0.717, 1.165) is 0 Å². The number of nitrogens with zero attached hydrogens (tertiary/aromatic N) is 1. The highest BCUT2D eigenvalue weighted by Crippen LogP contribution is 2.28. The molecule has 0 spiro atoms. The summed E-state index contributed by atoms with van der Waals surface area (Å²) in [5.41, 5.74) is -1.06. The minimum Gasteiger partial charge on any atom is -0.448 e. The fourth-order valence-corrected chi connectivity index (χ4v) is 0.652. The molecule has 1 heterocycles. The molecule has 68 valence electrons. The Balaban J connectivity index is 2.77. The molecular weight excluding hydrogens is 175 g/mol. The second-order valence-electron chi connectivity index (χ2n) is 2.10. The molecule has 0 amide bonds. The lowest BCUT2D eigenvalue weighted by Gasteiger charge is -1.97. The van der Waals surface area contributed by atoms with E-state index in [4.69, 9.17) is 5.11 Å². The molecule has 12 heavy (non-hydrogen) atoms. The quantitative estimate of drug-likeness (QED) is 0.746. The molecule has 1 N–H and O–H groups in total. The molecule has 0 radical (unpaired) electrons. The predicted octanol–water partition coefficient (Wildman–Crippen LogP) is 1.23. The molecule has 0 aliphatic rings. The Hall–Kier alpha value is -1.04. The zero-order valence-electron chi connectivity index (χ0n) is 5.93. The molecule has 0 aliphatic carbocycles. The monoisotopic (exact) mass is 181 g/mol. The number of hydrogen-bond donors (Lipinski definition) is 1. The van der Waals surface area contributed by atoms with Crippen molar-refractivity contribution in [2.24, 2.45) is 0 Å². The van der Waals surface area contributed by atoms with Crippen molar-refractivity contribution in [3.8, 4) is 0 Å². The normalized spacial score (nSPS) is 12.0. The molecule has 0 atom stereocenters. The average molecular weight is 181 g/mol. The number of aliphatic hydroxyl groups excluding tert-OH is 1. The van der Waals surface area contributed by atoms with Crippen LogP contribution in [0.1, 0.15) is 11.6 Å². The maximum Gasteiger partial charge on any atom is 0.436 e. The van der Waals surface area contributed by atoms with Crippen molar-refractivity contribution in [2.45, 2.75) is 12.6 Å². The zero-order chi connectivity index (χ0) is 9.19. The smallest absolute Gasteiger partial charge is 0.436 e. The predicted molar refractivity (Wildman–Crippen MR) is 32.3 cm³/mol. The standard InChI is InChI=1S/C6H6F3NO2/c7-6(8,9)4-3-12-5(10-4)1-2-11/h3,11H,1-2H2. The number of rotatable bonds is 2. The molecule has 1 rings (SSSR count). The van der Waals surface area contributed by atoms with Crippen molar-refractivity contribution >= 4 is 0 Å². The van der Waals surface area contributed by atoms with Gasteiger partial charge in [-0.1, -0.05) is 0 Å². The Morgan fingerprint density at radius 3 is 2.58 bits per heavy atom. The SMILES string of the molecule is OCCc1nc(C(F)(F)F)co1. The van der Waals surface area contributed by atoms with Crippen molar-refractivity contribution in [3.63, 3.8) is 0 Å². The minimum atomic E-state index is -4.47. The highest BCUT2D eigenvalue weighted by molar-refractivity contribution is 5.00. The van der Waals surface area contributed by atoms with Crippen LogP contribution < -0.4 is 0 Å². The highest BCUT2D eigenvalue weighted by atomic mass is 19.4. The summed E-state index contributed by atoms with van der Waals surface area (Å²) in [6.45, 7) is -0.280. The third-order valence-electron chi connectivity index (χ3n) is 1.17.